The molecule has 3 nitrogen and oxygen atoms in total. The summed E-state index contributed by atoms with van der Waals surface area (Å²) < 4.78 is 3.91. The van der Waals surface area contributed by atoms with Crippen molar-refractivity contribution in [3.63, 3.8) is 0 Å². The van der Waals surface area contributed by atoms with Gasteiger partial charge in [0, 0.05) is 21.6 Å². The van der Waals surface area contributed by atoms with Crippen LogP contribution in [0.1, 0.15) is 50.1 Å². The minimum atomic E-state index is -0.558. The first-order valence-corrected chi connectivity index (χ1v) is 8.80. The summed E-state index contributed by atoms with van der Waals surface area (Å²) in [4.78, 5) is 0. The van der Waals surface area contributed by atoms with Crippen LogP contribution in [0, 0.1) is 0 Å². The normalized spacial score (nSPS) is 12.9. The topological polar surface area (TPSA) is 38.0 Å². The third-order valence-electron chi connectivity index (χ3n) is 3.70. The van der Waals surface area contributed by atoms with E-state index < -0.39 is 6.10 Å². The molecule has 1 aromatic carbocycles. The van der Waals surface area contributed by atoms with E-state index in [0.717, 1.165) is 33.0 Å². The van der Waals surface area contributed by atoms with Gasteiger partial charge in [0.05, 0.1) is 17.8 Å². The minimum absolute atomic E-state index is 0.440. The van der Waals surface area contributed by atoms with Gasteiger partial charge in [0.1, 0.15) is 0 Å². The van der Waals surface area contributed by atoms with Gasteiger partial charge in [-0.2, -0.15) is 5.10 Å². The van der Waals surface area contributed by atoms with Gasteiger partial charge >= 0.3 is 0 Å². The van der Waals surface area contributed by atoms with E-state index in [0.29, 0.717) is 12.5 Å². The third kappa shape index (κ3) is 4.18. The smallest absolute Gasteiger partial charge is 0.0857 e. The van der Waals surface area contributed by atoms with Crippen LogP contribution in [0.2, 0.25) is 0 Å². The average Bonchev–Trinajstić information content (AvgIpc) is 2.88. The Morgan fingerprint density at radius 2 is 1.90 bits per heavy atom. The molecule has 1 aromatic heterocycles. The van der Waals surface area contributed by atoms with Gasteiger partial charge in [-0.3, -0.25) is 4.68 Å². The van der Waals surface area contributed by atoms with Crippen molar-refractivity contribution in [2.45, 2.75) is 45.3 Å². The highest BCUT2D eigenvalue weighted by atomic mass is 79.9. The Hall–Kier alpha value is -0.650. The fourth-order valence-corrected chi connectivity index (χ4v) is 3.74. The number of hydrogen-bond donors (Lipinski definition) is 1. The lowest BCUT2D eigenvalue weighted by Gasteiger charge is -2.14. The second-order valence-electron chi connectivity index (χ2n) is 5.14. The van der Waals surface area contributed by atoms with Gasteiger partial charge in [-0.25, -0.2) is 0 Å². The summed E-state index contributed by atoms with van der Waals surface area (Å²) in [6.45, 7) is 4.34. The summed E-state index contributed by atoms with van der Waals surface area (Å²) in [6.07, 6.45) is 4.11. The van der Waals surface area contributed by atoms with Gasteiger partial charge in [-0.1, -0.05) is 51.8 Å². The van der Waals surface area contributed by atoms with Crippen LogP contribution in [0.4, 0.5) is 0 Å². The Morgan fingerprint density at radius 3 is 2.52 bits per heavy atom. The third-order valence-corrected chi connectivity index (χ3v) is 4.88. The Morgan fingerprint density at radius 1 is 1.19 bits per heavy atom. The fourth-order valence-electron chi connectivity index (χ4n) is 2.43. The van der Waals surface area contributed by atoms with Gasteiger partial charge in [0.2, 0.25) is 0 Å². The lowest BCUT2D eigenvalue weighted by atomic mass is 10.1. The maximum atomic E-state index is 10.4. The van der Waals surface area contributed by atoms with Crippen LogP contribution in [0.5, 0.6) is 0 Å². The Balaban J connectivity index is 2.11. The second kappa shape index (κ2) is 7.56. The van der Waals surface area contributed by atoms with Crippen LogP contribution in [0.25, 0.3) is 0 Å². The van der Waals surface area contributed by atoms with Gasteiger partial charge in [0.15, 0.2) is 0 Å². The van der Waals surface area contributed by atoms with E-state index in [-0.39, 0.29) is 0 Å². The summed E-state index contributed by atoms with van der Waals surface area (Å²) in [5, 5.41) is 15.0. The van der Waals surface area contributed by atoms with Crippen molar-refractivity contribution in [3.05, 3.63) is 50.7 Å². The highest BCUT2D eigenvalue weighted by Crippen LogP contribution is 2.28. The number of rotatable bonds is 6. The lowest BCUT2D eigenvalue weighted by molar-refractivity contribution is 0.176. The van der Waals surface area contributed by atoms with Gasteiger partial charge in [-0.05, 0) is 36.6 Å². The van der Waals surface area contributed by atoms with Crippen molar-refractivity contribution < 1.29 is 5.11 Å². The quantitative estimate of drug-likeness (QED) is 0.717. The highest BCUT2D eigenvalue weighted by Gasteiger charge is 2.15. The van der Waals surface area contributed by atoms with Crippen LogP contribution in [0.15, 0.2) is 39.4 Å². The van der Waals surface area contributed by atoms with E-state index in [1.54, 1.807) is 0 Å². The van der Waals surface area contributed by atoms with Crippen LogP contribution in [-0.4, -0.2) is 14.9 Å². The van der Waals surface area contributed by atoms with Crippen LogP contribution < -0.4 is 0 Å². The van der Waals surface area contributed by atoms with Gasteiger partial charge < -0.3 is 5.11 Å². The Bertz CT molecular complexity index is 594. The molecule has 0 bridgehead atoms. The first kappa shape index (κ1) is 16.7. The molecule has 1 N–H and O–H groups in total. The molecule has 0 saturated carbocycles. The summed E-state index contributed by atoms with van der Waals surface area (Å²) >= 11 is 6.92. The number of halogens is 2. The zero-order chi connectivity index (χ0) is 15.4. The molecule has 0 fully saturated rings. The van der Waals surface area contributed by atoms with Crippen LogP contribution in [0.3, 0.4) is 0 Å². The highest BCUT2D eigenvalue weighted by molar-refractivity contribution is 9.11. The fraction of sp³-hybridized carbons (Fsp3) is 0.438. The number of aromatic nitrogens is 2. The summed E-state index contributed by atoms with van der Waals surface area (Å²) in [6, 6.07) is 8.24. The molecule has 2 aromatic rings. The number of aliphatic hydroxyl groups is 1. The largest absolute Gasteiger partial charge is 0.388 e. The molecule has 0 amide bonds. The molecule has 0 saturated heterocycles. The molecule has 0 aliphatic heterocycles. The SMILES string of the molecule is CCC(CC)n1ccc(CC(O)c2ccc(Br)cc2Br)n1. The molecule has 114 valence electrons. The molecular weight excluding hydrogens is 396 g/mol. The molecule has 0 radical (unpaired) electrons. The Kier molecular flexibility index (Phi) is 6.02. The number of aliphatic hydroxyl groups excluding tert-OH is 1. The molecule has 1 heterocycles. The zero-order valence-electron chi connectivity index (χ0n) is 12.3. The first-order valence-electron chi connectivity index (χ1n) is 7.22. The van der Waals surface area contributed by atoms with E-state index in [4.69, 9.17) is 0 Å². The lowest BCUT2D eigenvalue weighted by Crippen LogP contribution is -2.09. The van der Waals surface area contributed by atoms with Gasteiger partial charge in [0.25, 0.3) is 0 Å². The average molecular weight is 416 g/mol. The van der Waals surface area contributed by atoms with Crippen molar-refractivity contribution in [2.24, 2.45) is 0 Å². The monoisotopic (exact) mass is 414 g/mol. The van der Waals surface area contributed by atoms with E-state index in [1.807, 2.05) is 35.1 Å². The molecule has 0 aliphatic carbocycles. The molecule has 2 rings (SSSR count). The van der Waals surface area contributed by atoms with Crippen molar-refractivity contribution in [2.75, 3.05) is 0 Å². The number of hydrogen-bond acceptors (Lipinski definition) is 2. The molecule has 0 spiro atoms. The van der Waals surface area contributed by atoms with E-state index >= 15 is 0 Å². The molecule has 5 heteroatoms. The molecular formula is C16H20Br2N2O. The molecule has 0 aliphatic rings. The second-order valence-corrected chi connectivity index (χ2v) is 6.91. The predicted octanol–water partition coefficient (Wildman–Crippen LogP) is 5.05. The summed E-state index contributed by atoms with van der Waals surface area (Å²) in [5.41, 5.74) is 1.81. The van der Waals surface area contributed by atoms with Crippen molar-refractivity contribution in [3.8, 4) is 0 Å². The van der Waals surface area contributed by atoms with Crippen LogP contribution >= 0.6 is 31.9 Å². The van der Waals surface area contributed by atoms with Gasteiger partial charge in [-0.15, -0.1) is 0 Å². The Labute approximate surface area is 142 Å². The van der Waals surface area contributed by atoms with E-state index in [2.05, 4.69) is 50.8 Å². The number of benzene rings is 1. The van der Waals surface area contributed by atoms with Crippen molar-refractivity contribution in [1.82, 2.24) is 9.78 Å². The van der Waals surface area contributed by atoms with E-state index in [9.17, 15) is 5.11 Å². The standard InChI is InChI=1S/C16H20Br2N2O/c1-3-13(4-2)20-8-7-12(19-20)10-16(21)14-6-5-11(17)9-15(14)18/h5-9,13,16,21H,3-4,10H2,1-2H3. The maximum Gasteiger partial charge on any atom is 0.0857 e. The minimum Gasteiger partial charge on any atom is -0.388 e. The summed E-state index contributed by atoms with van der Waals surface area (Å²) in [7, 11) is 0. The molecule has 1 atom stereocenters. The zero-order valence-corrected chi connectivity index (χ0v) is 15.4. The van der Waals surface area contributed by atoms with Crippen molar-refractivity contribution in [1.29, 1.82) is 0 Å². The molecule has 21 heavy (non-hydrogen) atoms. The van der Waals surface area contributed by atoms with Crippen molar-refractivity contribution >= 4 is 31.9 Å². The predicted molar refractivity (Wildman–Crippen MR) is 92.4 cm³/mol. The first-order chi connectivity index (χ1) is 10.0. The number of nitrogens with zero attached hydrogens (tertiary/aromatic N) is 2. The van der Waals surface area contributed by atoms with E-state index in [1.165, 1.54) is 0 Å². The summed E-state index contributed by atoms with van der Waals surface area (Å²) in [5.74, 6) is 0. The van der Waals surface area contributed by atoms with Crippen LogP contribution in [-0.2, 0) is 6.42 Å². The maximum absolute atomic E-state index is 10.4. The molecule has 1 unspecified atom stereocenters.